The Kier molecular flexibility index (Phi) is 4.08. The maximum absolute atomic E-state index is 13.0. The zero-order valence-electron chi connectivity index (χ0n) is 14.3. The van der Waals surface area contributed by atoms with E-state index in [0.717, 1.165) is 11.3 Å². The van der Waals surface area contributed by atoms with Gasteiger partial charge in [-0.3, -0.25) is 19.5 Å². The van der Waals surface area contributed by atoms with Crippen molar-refractivity contribution >= 4 is 45.7 Å². The Morgan fingerprint density at radius 2 is 1.92 bits per heavy atom. The second-order valence-electron chi connectivity index (χ2n) is 5.84. The van der Waals surface area contributed by atoms with Gasteiger partial charge in [0.15, 0.2) is 5.17 Å². The maximum Gasteiger partial charge on any atom is 0.267 e. The van der Waals surface area contributed by atoms with E-state index in [4.69, 9.17) is 0 Å². The lowest BCUT2D eigenvalue weighted by Crippen LogP contribution is -2.29. The van der Waals surface area contributed by atoms with Crippen molar-refractivity contribution in [3.05, 3.63) is 59.3 Å². The molecular weight excluding hydrogens is 348 g/mol. The maximum atomic E-state index is 13.0. The number of amidine groups is 1. The number of hydrogen-bond donors (Lipinski definition) is 0. The molecule has 26 heavy (non-hydrogen) atoms. The lowest BCUT2D eigenvalue weighted by molar-refractivity contribution is -0.122. The summed E-state index contributed by atoms with van der Waals surface area (Å²) in [6.07, 6.45) is 3.31. The second kappa shape index (κ2) is 6.42. The van der Waals surface area contributed by atoms with Gasteiger partial charge in [0.25, 0.3) is 11.8 Å². The number of aromatic nitrogens is 1. The Labute approximate surface area is 155 Å². The van der Waals surface area contributed by atoms with Crippen LogP contribution in [0.15, 0.2) is 58.7 Å². The van der Waals surface area contributed by atoms with Crippen molar-refractivity contribution < 1.29 is 9.59 Å². The lowest BCUT2D eigenvalue weighted by atomic mass is 10.1. The van der Waals surface area contributed by atoms with Crippen LogP contribution in [0.3, 0.4) is 0 Å². The number of fused-ring (bicyclic) bond motifs is 1. The molecule has 4 rings (SSSR count). The quantitative estimate of drug-likeness (QED) is 0.768. The summed E-state index contributed by atoms with van der Waals surface area (Å²) in [6.45, 7) is 2.37. The number of para-hydroxylation sites is 1. The Hall–Kier alpha value is -2.93. The molecule has 7 heteroatoms. The number of pyridine rings is 1. The van der Waals surface area contributed by atoms with Gasteiger partial charge in [-0.05, 0) is 36.9 Å². The standard InChI is InChI=1S/C19H16N4O2S/c1-3-23-18(25)16(26-19(23)21-12-7-6-10-20-11-12)15-13-8-4-5-9-14(13)22(2)17(15)24/h4-11H,3H2,1-2H3/b16-15-,21-19?. The molecular formula is C19H16N4O2S. The van der Waals surface area contributed by atoms with Gasteiger partial charge in [-0.25, -0.2) is 4.99 Å². The van der Waals surface area contributed by atoms with Gasteiger partial charge in [-0.2, -0.15) is 0 Å². The third kappa shape index (κ3) is 2.52. The molecule has 130 valence electrons. The molecule has 2 amide bonds. The fourth-order valence-electron chi connectivity index (χ4n) is 3.04. The molecule has 1 saturated heterocycles. The number of rotatable bonds is 2. The van der Waals surface area contributed by atoms with Gasteiger partial charge in [0.1, 0.15) is 0 Å². The van der Waals surface area contributed by atoms with Crippen LogP contribution < -0.4 is 4.90 Å². The van der Waals surface area contributed by atoms with E-state index in [-0.39, 0.29) is 11.8 Å². The number of benzene rings is 1. The Bertz CT molecular complexity index is 969. The SMILES string of the molecule is CCN1C(=O)/C(=C2/C(=O)N(C)c3ccccc32)SC1=Nc1cccnc1. The van der Waals surface area contributed by atoms with Gasteiger partial charge in [-0.1, -0.05) is 18.2 Å². The molecule has 0 bridgehead atoms. The minimum absolute atomic E-state index is 0.166. The third-order valence-electron chi connectivity index (χ3n) is 4.33. The fraction of sp³-hybridized carbons (Fsp3) is 0.158. The number of amides is 2. The molecule has 0 radical (unpaired) electrons. The van der Waals surface area contributed by atoms with E-state index in [1.807, 2.05) is 37.3 Å². The summed E-state index contributed by atoms with van der Waals surface area (Å²) in [6, 6.07) is 11.1. The van der Waals surface area contributed by atoms with Crippen LogP contribution in [-0.2, 0) is 9.59 Å². The van der Waals surface area contributed by atoms with E-state index in [9.17, 15) is 9.59 Å². The number of carbonyl (C=O) groups excluding carboxylic acids is 2. The predicted molar refractivity (Wildman–Crippen MR) is 103 cm³/mol. The van der Waals surface area contributed by atoms with Crippen LogP contribution in [0.1, 0.15) is 12.5 Å². The number of anilines is 1. The number of thioether (sulfide) groups is 1. The van der Waals surface area contributed by atoms with E-state index in [0.29, 0.717) is 27.9 Å². The van der Waals surface area contributed by atoms with Gasteiger partial charge in [0, 0.05) is 25.4 Å². The largest absolute Gasteiger partial charge is 0.311 e. The molecule has 1 aromatic carbocycles. The van der Waals surface area contributed by atoms with Crippen LogP contribution in [-0.4, -0.2) is 40.5 Å². The first-order valence-electron chi connectivity index (χ1n) is 8.22. The highest BCUT2D eigenvalue weighted by atomic mass is 32.2. The smallest absolute Gasteiger partial charge is 0.267 e. The van der Waals surface area contributed by atoms with Crippen molar-refractivity contribution in [2.24, 2.45) is 4.99 Å². The average molecular weight is 364 g/mol. The zero-order chi connectivity index (χ0) is 18.3. The molecule has 1 aromatic heterocycles. The van der Waals surface area contributed by atoms with Crippen molar-refractivity contribution in [3.8, 4) is 0 Å². The summed E-state index contributed by atoms with van der Waals surface area (Å²) >= 11 is 1.24. The second-order valence-corrected chi connectivity index (χ2v) is 6.82. The monoisotopic (exact) mass is 364 g/mol. The number of nitrogens with zero attached hydrogens (tertiary/aromatic N) is 4. The summed E-state index contributed by atoms with van der Waals surface area (Å²) in [5.74, 6) is -0.352. The van der Waals surface area contributed by atoms with E-state index < -0.39 is 0 Å². The van der Waals surface area contributed by atoms with E-state index >= 15 is 0 Å². The first kappa shape index (κ1) is 16.5. The molecule has 3 heterocycles. The summed E-state index contributed by atoms with van der Waals surface area (Å²) in [5, 5.41) is 0.563. The summed E-state index contributed by atoms with van der Waals surface area (Å²) in [5.41, 5.74) is 2.72. The molecule has 6 nitrogen and oxygen atoms in total. The van der Waals surface area contributed by atoms with E-state index in [1.54, 1.807) is 35.3 Å². The van der Waals surface area contributed by atoms with Crippen LogP contribution in [0.2, 0.25) is 0 Å². The highest BCUT2D eigenvalue weighted by Gasteiger charge is 2.41. The van der Waals surface area contributed by atoms with Crippen LogP contribution in [0, 0.1) is 0 Å². The van der Waals surface area contributed by atoms with Crippen molar-refractivity contribution in [1.29, 1.82) is 0 Å². The average Bonchev–Trinajstić information content (AvgIpc) is 3.10. The first-order chi connectivity index (χ1) is 12.6. The topological polar surface area (TPSA) is 65.9 Å². The minimum atomic E-state index is -0.186. The number of carbonyl (C=O) groups is 2. The van der Waals surface area contributed by atoms with Crippen molar-refractivity contribution in [2.45, 2.75) is 6.92 Å². The van der Waals surface area contributed by atoms with Crippen molar-refractivity contribution in [2.75, 3.05) is 18.5 Å². The molecule has 0 atom stereocenters. The summed E-state index contributed by atoms with van der Waals surface area (Å²) < 4.78 is 0. The molecule has 2 aliphatic heterocycles. The lowest BCUT2D eigenvalue weighted by Gasteiger charge is -2.12. The summed E-state index contributed by atoms with van der Waals surface area (Å²) in [4.78, 5) is 38.0. The molecule has 0 unspecified atom stereocenters. The van der Waals surface area contributed by atoms with Gasteiger partial charge in [0.2, 0.25) is 0 Å². The van der Waals surface area contributed by atoms with E-state index in [2.05, 4.69) is 9.98 Å². The van der Waals surface area contributed by atoms with Crippen molar-refractivity contribution in [3.63, 3.8) is 0 Å². The minimum Gasteiger partial charge on any atom is -0.311 e. The van der Waals surface area contributed by atoms with Crippen LogP contribution in [0.4, 0.5) is 11.4 Å². The molecule has 0 saturated carbocycles. The Morgan fingerprint density at radius 1 is 1.12 bits per heavy atom. The zero-order valence-corrected chi connectivity index (χ0v) is 15.2. The molecule has 0 aliphatic carbocycles. The molecule has 0 N–H and O–H groups in total. The van der Waals surface area contributed by atoms with Gasteiger partial charge in [-0.15, -0.1) is 0 Å². The van der Waals surface area contributed by atoms with Crippen LogP contribution >= 0.6 is 11.8 Å². The highest BCUT2D eigenvalue weighted by molar-refractivity contribution is 8.18. The van der Waals surface area contributed by atoms with Gasteiger partial charge >= 0.3 is 0 Å². The number of aliphatic imine (C=N–C) groups is 1. The summed E-state index contributed by atoms with van der Waals surface area (Å²) in [7, 11) is 1.72. The van der Waals surface area contributed by atoms with Crippen LogP contribution in [0.25, 0.3) is 5.57 Å². The fourth-order valence-corrected chi connectivity index (χ4v) is 4.19. The third-order valence-corrected chi connectivity index (χ3v) is 5.41. The predicted octanol–water partition coefficient (Wildman–Crippen LogP) is 3.05. The first-order valence-corrected chi connectivity index (χ1v) is 9.03. The Balaban J connectivity index is 1.84. The van der Waals surface area contributed by atoms with Crippen molar-refractivity contribution in [1.82, 2.24) is 9.88 Å². The highest BCUT2D eigenvalue weighted by Crippen LogP contribution is 2.44. The number of hydrogen-bond acceptors (Lipinski definition) is 5. The molecule has 2 aromatic rings. The molecule has 0 spiro atoms. The Morgan fingerprint density at radius 3 is 2.65 bits per heavy atom. The van der Waals surface area contributed by atoms with Gasteiger partial charge < -0.3 is 4.90 Å². The van der Waals surface area contributed by atoms with Crippen LogP contribution in [0.5, 0.6) is 0 Å². The number of likely N-dealkylation sites (N-methyl/N-ethyl adjacent to an activating group) is 2. The normalized spacial score (nSPS) is 21.1. The van der Waals surface area contributed by atoms with E-state index in [1.165, 1.54) is 11.8 Å². The van der Waals surface area contributed by atoms with Gasteiger partial charge in [0.05, 0.1) is 28.0 Å². The molecule has 1 fully saturated rings. The molecule has 2 aliphatic rings.